The van der Waals surface area contributed by atoms with Crippen LogP contribution in [0.1, 0.15) is 33.3 Å². The van der Waals surface area contributed by atoms with Gasteiger partial charge in [0, 0.05) is 29.7 Å². The summed E-state index contributed by atoms with van der Waals surface area (Å²) in [5, 5.41) is 0.156. The van der Waals surface area contributed by atoms with Gasteiger partial charge in [0.05, 0.1) is 0 Å². The molecule has 0 radical (unpaired) electrons. The van der Waals surface area contributed by atoms with Crippen LogP contribution in [0.4, 0.5) is 4.39 Å². The lowest BCUT2D eigenvalue weighted by Crippen LogP contribution is -2.40. The first-order chi connectivity index (χ1) is 9.61. The summed E-state index contributed by atoms with van der Waals surface area (Å²) in [5.41, 5.74) is 5.53. The van der Waals surface area contributed by atoms with Crippen molar-refractivity contribution in [3.63, 3.8) is 0 Å². The largest absolute Gasteiger partial charge is 0.326 e. The van der Waals surface area contributed by atoms with Gasteiger partial charge in [-0.1, -0.05) is 25.4 Å². The second-order valence-electron chi connectivity index (χ2n) is 5.64. The van der Waals surface area contributed by atoms with Crippen molar-refractivity contribution in [2.45, 2.75) is 45.2 Å². The predicted molar refractivity (Wildman–Crippen MR) is 83.2 cm³/mol. The van der Waals surface area contributed by atoms with Gasteiger partial charge in [-0.3, -0.25) is 0 Å². The van der Waals surface area contributed by atoms with Gasteiger partial charge in [-0.2, -0.15) is 4.31 Å². The van der Waals surface area contributed by atoms with Crippen LogP contribution in [-0.4, -0.2) is 25.3 Å². The molecule has 0 bridgehead atoms. The van der Waals surface area contributed by atoms with Crippen molar-refractivity contribution in [3.8, 4) is 0 Å². The molecule has 4 nitrogen and oxygen atoms in total. The highest BCUT2D eigenvalue weighted by Crippen LogP contribution is 2.27. The minimum atomic E-state index is -3.96. The molecule has 120 valence electrons. The van der Waals surface area contributed by atoms with E-state index in [9.17, 15) is 12.8 Å². The van der Waals surface area contributed by atoms with Gasteiger partial charge in [0.25, 0.3) is 0 Å². The standard InChI is InChI=1S/C14H22ClFN2O2S/c1-9(2)8-18(10(3)4)21(19,20)13-6-12(15)5-11(7-17)14(13)16/h5-6,9-10H,7-8,17H2,1-4H3. The van der Waals surface area contributed by atoms with Gasteiger partial charge in [0.15, 0.2) is 0 Å². The third kappa shape index (κ3) is 4.16. The summed E-state index contributed by atoms with van der Waals surface area (Å²) >= 11 is 5.89. The molecular formula is C14H22ClFN2O2S. The van der Waals surface area contributed by atoms with Crippen LogP contribution in [0.5, 0.6) is 0 Å². The average Bonchev–Trinajstić information content (AvgIpc) is 2.37. The molecular weight excluding hydrogens is 315 g/mol. The highest BCUT2D eigenvalue weighted by atomic mass is 35.5. The van der Waals surface area contributed by atoms with Crippen molar-refractivity contribution in [1.29, 1.82) is 0 Å². The third-order valence-electron chi connectivity index (χ3n) is 3.01. The lowest BCUT2D eigenvalue weighted by molar-refractivity contribution is 0.317. The summed E-state index contributed by atoms with van der Waals surface area (Å²) in [6.07, 6.45) is 0. The van der Waals surface area contributed by atoms with Crippen molar-refractivity contribution in [1.82, 2.24) is 4.31 Å². The number of nitrogens with two attached hydrogens (primary N) is 1. The Morgan fingerprint density at radius 3 is 2.29 bits per heavy atom. The van der Waals surface area contributed by atoms with Crippen LogP contribution >= 0.6 is 11.6 Å². The van der Waals surface area contributed by atoms with Crippen molar-refractivity contribution in [2.24, 2.45) is 11.7 Å². The molecule has 0 fully saturated rings. The van der Waals surface area contributed by atoms with Gasteiger partial charge in [0.2, 0.25) is 10.0 Å². The van der Waals surface area contributed by atoms with Gasteiger partial charge >= 0.3 is 0 Å². The molecule has 1 aromatic rings. The maximum absolute atomic E-state index is 14.4. The van der Waals surface area contributed by atoms with Crippen molar-refractivity contribution >= 4 is 21.6 Å². The molecule has 0 atom stereocenters. The second kappa shape index (κ2) is 7.05. The lowest BCUT2D eigenvalue weighted by Gasteiger charge is -2.28. The number of hydrogen-bond acceptors (Lipinski definition) is 3. The fourth-order valence-corrected chi connectivity index (χ4v) is 4.27. The molecule has 2 N–H and O–H groups in total. The van der Waals surface area contributed by atoms with E-state index in [1.54, 1.807) is 13.8 Å². The van der Waals surface area contributed by atoms with E-state index in [0.717, 1.165) is 6.07 Å². The molecule has 0 unspecified atom stereocenters. The molecule has 0 aromatic heterocycles. The smallest absolute Gasteiger partial charge is 0.246 e. The molecule has 0 amide bonds. The molecule has 0 aliphatic heterocycles. The van der Waals surface area contributed by atoms with Gasteiger partial charge < -0.3 is 5.73 Å². The molecule has 7 heteroatoms. The summed E-state index contributed by atoms with van der Waals surface area (Å²) in [6, 6.07) is 2.20. The normalized spacial score (nSPS) is 12.7. The molecule has 0 spiro atoms. The van der Waals surface area contributed by atoms with Crippen LogP contribution in [0.15, 0.2) is 17.0 Å². The zero-order valence-corrected chi connectivity index (χ0v) is 14.3. The quantitative estimate of drug-likeness (QED) is 0.868. The monoisotopic (exact) mass is 336 g/mol. The Morgan fingerprint density at radius 1 is 1.29 bits per heavy atom. The minimum absolute atomic E-state index is 0.0920. The fourth-order valence-electron chi connectivity index (χ4n) is 2.03. The average molecular weight is 337 g/mol. The van der Waals surface area contributed by atoms with Gasteiger partial charge in [-0.15, -0.1) is 0 Å². The summed E-state index contributed by atoms with van der Waals surface area (Å²) in [7, 11) is -3.96. The number of halogens is 2. The number of sulfonamides is 1. The Bertz CT molecular complexity index is 603. The molecule has 21 heavy (non-hydrogen) atoms. The van der Waals surface area contributed by atoms with Crippen molar-refractivity contribution in [2.75, 3.05) is 6.54 Å². The van der Waals surface area contributed by atoms with Crippen LogP contribution in [0.3, 0.4) is 0 Å². The van der Waals surface area contributed by atoms with E-state index in [2.05, 4.69) is 0 Å². The van der Waals surface area contributed by atoms with E-state index in [1.165, 1.54) is 10.4 Å². The first-order valence-electron chi connectivity index (χ1n) is 6.81. The lowest BCUT2D eigenvalue weighted by atomic mass is 10.2. The molecule has 0 aliphatic carbocycles. The topological polar surface area (TPSA) is 63.4 Å². The van der Waals surface area contributed by atoms with Gasteiger partial charge in [0.1, 0.15) is 10.7 Å². The zero-order chi connectivity index (χ0) is 16.4. The van der Waals surface area contributed by atoms with E-state index >= 15 is 0 Å². The van der Waals surface area contributed by atoms with Gasteiger partial charge in [-0.25, -0.2) is 12.8 Å². The Labute approximate surface area is 131 Å². The Morgan fingerprint density at radius 2 is 1.86 bits per heavy atom. The summed E-state index contributed by atoms with van der Waals surface area (Å²) in [6.45, 7) is 7.53. The Balaban J connectivity index is 3.44. The molecule has 1 rings (SSSR count). The van der Waals surface area contributed by atoms with E-state index in [1.807, 2.05) is 13.8 Å². The number of rotatable bonds is 6. The van der Waals surface area contributed by atoms with Gasteiger partial charge in [-0.05, 0) is 31.9 Å². The molecule has 0 heterocycles. The molecule has 1 aromatic carbocycles. The summed E-state index contributed by atoms with van der Waals surface area (Å²) in [5.74, 6) is -0.699. The van der Waals surface area contributed by atoms with Crippen LogP contribution in [0.2, 0.25) is 5.02 Å². The summed E-state index contributed by atoms with van der Waals surface area (Å²) < 4.78 is 41.1. The molecule has 0 aliphatic rings. The minimum Gasteiger partial charge on any atom is -0.326 e. The number of benzene rings is 1. The van der Waals surface area contributed by atoms with Crippen LogP contribution < -0.4 is 5.73 Å². The first kappa shape index (κ1) is 18.4. The maximum Gasteiger partial charge on any atom is 0.246 e. The zero-order valence-electron chi connectivity index (χ0n) is 12.7. The van der Waals surface area contributed by atoms with E-state index < -0.39 is 20.7 Å². The summed E-state index contributed by atoms with van der Waals surface area (Å²) in [4.78, 5) is -0.412. The Kier molecular flexibility index (Phi) is 6.16. The Hall–Kier alpha value is -0.690. The number of nitrogens with zero attached hydrogens (tertiary/aromatic N) is 1. The fraction of sp³-hybridized carbons (Fsp3) is 0.571. The van der Waals surface area contributed by atoms with Crippen LogP contribution in [0.25, 0.3) is 0 Å². The second-order valence-corrected chi connectivity index (χ2v) is 7.94. The predicted octanol–water partition coefficient (Wildman–Crippen LogP) is 2.99. The highest BCUT2D eigenvalue weighted by molar-refractivity contribution is 7.89. The third-order valence-corrected chi connectivity index (χ3v) is 5.27. The molecule has 0 saturated carbocycles. The van der Waals surface area contributed by atoms with Crippen molar-refractivity contribution < 1.29 is 12.8 Å². The van der Waals surface area contributed by atoms with E-state index in [0.29, 0.717) is 6.54 Å². The first-order valence-corrected chi connectivity index (χ1v) is 8.62. The van der Waals surface area contributed by atoms with E-state index in [4.69, 9.17) is 17.3 Å². The van der Waals surface area contributed by atoms with E-state index in [-0.39, 0.29) is 29.1 Å². The molecule has 0 saturated heterocycles. The maximum atomic E-state index is 14.4. The van der Waals surface area contributed by atoms with Crippen molar-refractivity contribution in [3.05, 3.63) is 28.5 Å². The van der Waals surface area contributed by atoms with Crippen LogP contribution in [-0.2, 0) is 16.6 Å². The van der Waals surface area contributed by atoms with Crippen LogP contribution in [0, 0.1) is 11.7 Å². The highest BCUT2D eigenvalue weighted by Gasteiger charge is 2.31. The SMILES string of the molecule is CC(C)CN(C(C)C)S(=O)(=O)c1cc(Cl)cc(CN)c1F. The number of hydrogen-bond donors (Lipinski definition) is 1.